The molecular weight excluding hydrogens is 448 g/mol. The van der Waals surface area contributed by atoms with Crippen molar-refractivity contribution in [3.8, 4) is 0 Å². The molecule has 1 fully saturated rings. The van der Waals surface area contributed by atoms with Gasteiger partial charge in [-0.05, 0) is 43.4 Å². The predicted octanol–water partition coefficient (Wildman–Crippen LogP) is 5.73. The Kier molecular flexibility index (Phi) is 6.78. The normalized spacial score (nSPS) is 17.3. The van der Waals surface area contributed by atoms with Crippen molar-refractivity contribution < 1.29 is 31.1 Å². The van der Waals surface area contributed by atoms with Crippen molar-refractivity contribution in [3.05, 3.63) is 52.4 Å². The predicted molar refractivity (Wildman–Crippen MR) is 102 cm³/mol. The van der Waals surface area contributed by atoms with Gasteiger partial charge in [-0.2, -0.15) is 26.3 Å². The van der Waals surface area contributed by atoms with Gasteiger partial charge in [0.2, 0.25) is 5.82 Å². The summed E-state index contributed by atoms with van der Waals surface area (Å²) in [6.45, 7) is 0.361. The molecule has 0 amide bonds. The van der Waals surface area contributed by atoms with Gasteiger partial charge in [0, 0.05) is 19.0 Å². The standard InChI is InChI=1S/C20H18ClF6N3O/c21-16-11-17(29-18(28-16)20(25,26)27)30-10-2-4-14(30)15(31)5-1-3-12-6-8-13(9-7-12)19(22,23)24/h6-9,11,14H,1-5,10H2/t14-/m0/s1. The third-order valence-electron chi connectivity index (χ3n) is 5.02. The molecule has 0 aliphatic carbocycles. The minimum Gasteiger partial charge on any atom is -0.346 e. The van der Waals surface area contributed by atoms with E-state index in [1.165, 1.54) is 23.1 Å². The van der Waals surface area contributed by atoms with Gasteiger partial charge in [-0.15, -0.1) is 0 Å². The van der Waals surface area contributed by atoms with E-state index in [9.17, 15) is 31.1 Å². The Morgan fingerprint density at radius 2 is 1.74 bits per heavy atom. The van der Waals surface area contributed by atoms with E-state index in [1.54, 1.807) is 0 Å². The van der Waals surface area contributed by atoms with Gasteiger partial charge < -0.3 is 4.90 Å². The number of alkyl halides is 6. The van der Waals surface area contributed by atoms with Crippen LogP contribution in [0.2, 0.25) is 5.15 Å². The maximum absolute atomic E-state index is 13.0. The van der Waals surface area contributed by atoms with E-state index in [0.29, 0.717) is 37.8 Å². The van der Waals surface area contributed by atoms with Crippen molar-refractivity contribution in [2.24, 2.45) is 0 Å². The summed E-state index contributed by atoms with van der Waals surface area (Å²) < 4.78 is 76.8. The van der Waals surface area contributed by atoms with Crippen LogP contribution in [0.25, 0.3) is 0 Å². The van der Waals surface area contributed by atoms with E-state index in [-0.39, 0.29) is 23.2 Å². The SMILES string of the molecule is O=C(CCCc1ccc(C(F)(F)F)cc1)[C@@H]1CCCN1c1cc(Cl)nc(C(F)(F)F)n1. The van der Waals surface area contributed by atoms with Gasteiger partial charge in [-0.1, -0.05) is 23.7 Å². The Labute approximate surface area is 179 Å². The Morgan fingerprint density at radius 3 is 2.35 bits per heavy atom. The number of carbonyl (C=O) groups is 1. The van der Waals surface area contributed by atoms with Gasteiger partial charge in [0.15, 0.2) is 5.78 Å². The minimum atomic E-state index is -4.76. The maximum Gasteiger partial charge on any atom is 0.451 e. The average molecular weight is 466 g/mol. The molecule has 11 heteroatoms. The number of Topliss-reactive ketones (excluding diaryl/α,β-unsaturated/α-hetero) is 1. The fraction of sp³-hybridized carbons (Fsp3) is 0.450. The molecule has 4 nitrogen and oxygen atoms in total. The van der Waals surface area contributed by atoms with Crippen molar-refractivity contribution in [1.82, 2.24) is 9.97 Å². The van der Waals surface area contributed by atoms with Gasteiger partial charge in [0.25, 0.3) is 0 Å². The number of nitrogens with zero attached hydrogens (tertiary/aromatic N) is 3. The van der Waals surface area contributed by atoms with E-state index in [4.69, 9.17) is 11.6 Å². The summed E-state index contributed by atoms with van der Waals surface area (Å²) >= 11 is 5.72. The lowest BCUT2D eigenvalue weighted by atomic mass is 10.0. The Balaban J connectivity index is 1.62. The van der Waals surface area contributed by atoms with Gasteiger partial charge in [-0.25, -0.2) is 9.97 Å². The van der Waals surface area contributed by atoms with Gasteiger partial charge >= 0.3 is 12.4 Å². The van der Waals surface area contributed by atoms with E-state index in [1.807, 2.05) is 0 Å². The summed E-state index contributed by atoms with van der Waals surface area (Å²) in [5, 5.41) is -0.363. The molecule has 0 spiro atoms. The first kappa shape index (κ1) is 23.3. The van der Waals surface area contributed by atoms with Crippen LogP contribution in [0.15, 0.2) is 30.3 Å². The van der Waals surface area contributed by atoms with Crippen LogP contribution in [0.4, 0.5) is 32.2 Å². The fourth-order valence-corrected chi connectivity index (χ4v) is 3.73. The lowest BCUT2D eigenvalue weighted by Gasteiger charge is -2.25. The summed E-state index contributed by atoms with van der Waals surface area (Å²) in [6.07, 6.45) is -7.12. The Morgan fingerprint density at radius 1 is 1.06 bits per heavy atom. The van der Waals surface area contributed by atoms with Crippen molar-refractivity contribution in [1.29, 1.82) is 0 Å². The van der Waals surface area contributed by atoms with Crippen molar-refractivity contribution in [3.63, 3.8) is 0 Å². The highest BCUT2D eigenvalue weighted by Crippen LogP contribution is 2.32. The molecular formula is C20H18ClF6N3O. The number of aryl methyl sites for hydroxylation is 1. The van der Waals surface area contributed by atoms with E-state index in [0.717, 1.165) is 12.1 Å². The lowest BCUT2D eigenvalue weighted by molar-refractivity contribution is -0.145. The molecule has 0 unspecified atom stereocenters. The van der Waals surface area contributed by atoms with E-state index >= 15 is 0 Å². The number of halogens is 7. The van der Waals surface area contributed by atoms with Crippen LogP contribution < -0.4 is 4.90 Å². The van der Waals surface area contributed by atoms with Crippen molar-refractivity contribution >= 4 is 23.2 Å². The molecule has 1 atom stereocenters. The van der Waals surface area contributed by atoms with Crippen LogP contribution in [-0.2, 0) is 23.6 Å². The molecule has 168 valence electrons. The molecule has 0 bridgehead atoms. The second-order valence-electron chi connectivity index (χ2n) is 7.24. The Hall–Kier alpha value is -2.36. The van der Waals surface area contributed by atoms with Crippen LogP contribution in [-0.4, -0.2) is 28.3 Å². The summed E-state index contributed by atoms with van der Waals surface area (Å²) in [5.41, 5.74) is -0.0721. The number of hydrogen-bond acceptors (Lipinski definition) is 4. The molecule has 3 rings (SSSR count). The monoisotopic (exact) mass is 465 g/mol. The molecule has 1 aliphatic rings. The maximum atomic E-state index is 13.0. The van der Waals surface area contributed by atoms with Crippen molar-refractivity contribution in [2.45, 2.75) is 50.5 Å². The van der Waals surface area contributed by atoms with Crippen LogP contribution >= 0.6 is 11.6 Å². The third-order valence-corrected chi connectivity index (χ3v) is 5.22. The molecule has 0 saturated carbocycles. The second kappa shape index (κ2) is 9.02. The molecule has 0 N–H and O–H groups in total. The molecule has 31 heavy (non-hydrogen) atoms. The topological polar surface area (TPSA) is 46.1 Å². The van der Waals surface area contributed by atoms with Crippen molar-refractivity contribution in [2.75, 3.05) is 11.4 Å². The smallest absolute Gasteiger partial charge is 0.346 e. The number of carbonyl (C=O) groups excluding carboxylic acids is 1. The fourth-order valence-electron chi connectivity index (χ4n) is 3.55. The van der Waals surface area contributed by atoms with Gasteiger partial charge in [-0.3, -0.25) is 4.79 Å². The third kappa shape index (κ3) is 5.87. The largest absolute Gasteiger partial charge is 0.451 e. The number of rotatable bonds is 6. The first-order valence-corrected chi connectivity index (χ1v) is 9.90. The zero-order valence-electron chi connectivity index (χ0n) is 16.1. The summed E-state index contributed by atoms with van der Waals surface area (Å²) in [6, 6.07) is 5.30. The molecule has 1 saturated heterocycles. The molecule has 1 aromatic heterocycles. The lowest BCUT2D eigenvalue weighted by Crippen LogP contribution is -2.37. The number of hydrogen-bond donors (Lipinski definition) is 0. The molecule has 2 aromatic rings. The quantitative estimate of drug-likeness (QED) is 0.404. The second-order valence-corrected chi connectivity index (χ2v) is 7.62. The molecule has 0 radical (unpaired) electrons. The van der Waals surface area contributed by atoms with Gasteiger partial charge in [0.05, 0.1) is 11.6 Å². The summed E-state index contributed by atoms with van der Waals surface area (Å²) in [7, 11) is 0. The highest BCUT2D eigenvalue weighted by Gasteiger charge is 2.37. The number of ketones is 1. The zero-order valence-corrected chi connectivity index (χ0v) is 16.9. The number of benzene rings is 1. The highest BCUT2D eigenvalue weighted by atomic mass is 35.5. The molecule has 1 aliphatic heterocycles. The minimum absolute atomic E-state index is 0.0501. The molecule has 2 heterocycles. The highest BCUT2D eigenvalue weighted by molar-refractivity contribution is 6.29. The van der Waals surface area contributed by atoms with Gasteiger partial charge in [0.1, 0.15) is 11.0 Å². The molecule has 1 aromatic carbocycles. The summed E-state index contributed by atoms with van der Waals surface area (Å²) in [4.78, 5) is 20.9. The summed E-state index contributed by atoms with van der Waals surface area (Å²) in [5.74, 6) is -1.57. The number of anilines is 1. The van der Waals surface area contributed by atoms with Crippen LogP contribution in [0.3, 0.4) is 0 Å². The Bertz CT molecular complexity index is 930. The first-order valence-electron chi connectivity index (χ1n) is 9.52. The number of aromatic nitrogens is 2. The van der Waals surface area contributed by atoms with Crippen LogP contribution in [0, 0.1) is 0 Å². The van der Waals surface area contributed by atoms with Crippen LogP contribution in [0.5, 0.6) is 0 Å². The first-order chi connectivity index (χ1) is 14.4. The van der Waals surface area contributed by atoms with Crippen LogP contribution in [0.1, 0.15) is 42.6 Å². The average Bonchev–Trinajstić information content (AvgIpc) is 3.16. The zero-order chi connectivity index (χ0) is 22.8. The van der Waals surface area contributed by atoms with E-state index < -0.39 is 29.8 Å². The van der Waals surface area contributed by atoms with E-state index in [2.05, 4.69) is 9.97 Å².